The van der Waals surface area contributed by atoms with Gasteiger partial charge in [-0.2, -0.15) is 0 Å². The Balaban J connectivity index is 1.48. The van der Waals surface area contributed by atoms with Crippen LogP contribution in [0, 0.1) is 5.92 Å². The first-order valence-corrected chi connectivity index (χ1v) is 12.5. The molecule has 35 heavy (non-hydrogen) atoms. The fourth-order valence-corrected chi connectivity index (χ4v) is 5.13. The molecule has 2 amide bonds. The van der Waals surface area contributed by atoms with Crippen molar-refractivity contribution in [3.8, 4) is 5.75 Å². The molecule has 2 unspecified atom stereocenters. The second kappa shape index (κ2) is 11.4. The van der Waals surface area contributed by atoms with Crippen LogP contribution in [0.2, 0.25) is 0 Å². The van der Waals surface area contributed by atoms with E-state index in [1.807, 2.05) is 42.5 Å². The molecule has 1 fully saturated rings. The first-order valence-electron chi connectivity index (χ1n) is 12.5. The smallest absolute Gasteiger partial charge is 0.311 e. The van der Waals surface area contributed by atoms with Crippen LogP contribution in [0.5, 0.6) is 5.75 Å². The molecule has 0 spiro atoms. The third-order valence-electron chi connectivity index (χ3n) is 7.04. The summed E-state index contributed by atoms with van der Waals surface area (Å²) in [6, 6.07) is 15.1. The highest BCUT2D eigenvalue weighted by atomic mass is 16.5. The van der Waals surface area contributed by atoms with Crippen LogP contribution in [0.4, 0.5) is 0 Å². The van der Waals surface area contributed by atoms with E-state index >= 15 is 0 Å². The van der Waals surface area contributed by atoms with Gasteiger partial charge < -0.3 is 19.3 Å². The van der Waals surface area contributed by atoms with Gasteiger partial charge in [-0.05, 0) is 36.5 Å². The third kappa shape index (κ3) is 5.50. The summed E-state index contributed by atoms with van der Waals surface area (Å²) in [5, 5.41) is 0. The Hall–Kier alpha value is -3.35. The highest BCUT2D eigenvalue weighted by Gasteiger charge is 2.42. The van der Waals surface area contributed by atoms with Crippen LogP contribution in [-0.2, 0) is 32.1 Å². The lowest BCUT2D eigenvalue weighted by Gasteiger charge is -2.41. The van der Waals surface area contributed by atoms with E-state index in [4.69, 9.17) is 9.47 Å². The number of hydrogen-bond acceptors (Lipinski definition) is 5. The molecule has 0 bridgehead atoms. The number of piperidine rings is 1. The SMILES string of the molecule is CCCCN1C(=O)CCC(C(=O)OCC(=O)N2CCc3ccccc3C2)C1c1ccccc1OC. The number of unbranched alkanes of at least 4 members (excludes halogenated alkanes) is 1. The van der Waals surface area contributed by atoms with Crippen LogP contribution in [0.3, 0.4) is 0 Å². The van der Waals surface area contributed by atoms with E-state index in [0.29, 0.717) is 31.8 Å². The molecule has 2 aliphatic rings. The molecule has 7 heteroatoms. The molecule has 186 valence electrons. The van der Waals surface area contributed by atoms with Gasteiger partial charge in [-0.1, -0.05) is 55.8 Å². The van der Waals surface area contributed by atoms with E-state index in [1.165, 1.54) is 5.56 Å². The van der Waals surface area contributed by atoms with Crippen molar-refractivity contribution in [1.82, 2.24) is 9.80 Å². The van der Waals surface area contributed by atoms with Crippen molar-refractivity contribution in [1.29, 1.82) is 0 Å². The summed E-state index contributed by atoms with van der Waals surface area (Å²) in [4.78, 5) is 42.6. The van der Waals surface area contributed by atoms with Crippen LogP contribution in [0.1, 0.15) is 55.3 Å². The molecule has 0 aromatic heterocycles. The lowest BCUT2D eigenvalue weighted by molar-refractivity contribution is -0.162. The molecule has 0 N–H and O–H groups in total. The van der Waals surface area contributed by atoms with Gasteiger partial charge in [-0.25, -0.2) is 0 Å². The van der Waals surface area contributed by atoms with Crippen LogP contribution < -0.4 is 4.74 Å². The molecule has 0 radical (unpaired) electrons. The summed E-state index contributed by atoms with van der Waals surface area (Å²) in [5.41, 5.74) is 3.18. The van der Waals surface area contributed by atoms with Crippen LogP contribution in [0.25, 0.3) is 0 Å². The summed E-state index contributed by atoms with van der Waals surface area (Å²) >= 11 is 0. The van der Waals surface area contributed by atoms with Crippen molar-refractivity contribution in [2.24, 2.45) is 5.92 Å². The Labute approximate surface area is 207 Å². The van der Waals surface area contributed by atoms with Gasteiger partial charge in [-0.3, -0.25) is 14.4 Å². The number of carbonyl (C=O) groups excluding carboxylic acids is 3. The van der Waals surface area contributed by atoms with Crippen molar-refractivity contribution >= 4 is 17.8 Å². The lowest BCUT2D eigenvalue weighted by Crippen LogP contribution is -2.46. The van der Waals surface area contributed by atoms with Gasteiger partial charge in [0.1, 0.15) is 5.75 Å². The number of fused-ring (bicyclic) bond motifs is 1. The summed E-state index contributed by atoms with van der Waals surface area (Å²) in [5.74, 6) is -0.538. The maximum atomic E-state index is 13.3. The van der Waals surface area contributed by atoms with Crippen molar-refractivity contribution in [2.45, 2.75) is 51.6 Å². The molecule has 1 saturated heterocycles. The van der Waals surface area contributed by atoms with Crippen molar-refractivity contribution in [2.75, 3.05) is 26.8 Å². The number of carbonyl (C=O) groups is 3. The number of likely N-dealkylation sites (tertiary alicyclic amines) is 1. The quantitative estimate of drug-likeness (QED) is 0.538. The number of hydrogen-bond donors (Lipinski definition) is 0. The molecule has 2 aromatic carbocycles. The van der Waals surface area contributed by atoms with Gasteiger partial charge in [0.15, 0.2) is 6.61 Å². The number of benzene rings is 2. The molecule has 2 atom stereocenters. The van der Waals surface area contributed by atoms with E-state index in [1.54, 1.807) is 16.9 Å². The molecular formula is C28H34N2O5. The Morgan fingerprint density at radius 1 is 1.03 bits per heavy atom. The van der Waals surface area contributed by atoms with Gasteiger partial charge in [-0.15, -0.1) is 0 Å². The van der Waals surface area contributed by atoms with E-state index in [9.17, 15) is 14.4 Å². The minimum atomic E-state index is -0.560. The van der Waals surface area contributed by atoms with E-state index < -0.39 is 17.9 Å². The predicted molar refractivity (Wildman–Crippen MR) is 132 cm³/mol. The third-order valence-corrected chi connectivity index (χ3v) is 7.04. The van der Waals surface area contributed by atoms with Gasteiger partial charge in [0.05, 0.1) is 19.1 Å². The van der Waals surface area contributed by atoms with Crippen LogP contribution in [0.15, 0.2) is 48.5 Å². The minimum Gasteiger partial charge on any atom is -0.496 e. The maximum Gasteiger partial charge on any atom is 0.311 e. The first-order chi connectivity index (χ1) is 17.0. The standard InChI is InChI=1S/C28H34N2O5/c1-3-4-16-30-25(31)14-13-23(27(30)22-11-7-8-12-24(22)34-2)28(33)35-19-26(32)29-17-15-20-9-5-6-10-21(20)18-29/h5-12,23,27H,3-4,13-19H2,1-2H3. The number of methoxy groups -OCH3 is 1. The molecule has 2 aliphatic heterocycles. The van der Waals surface area contributed by atoms with Crippen molar-refractivity contribution in [3.05, 3.63) is 65.2 Å². The highest BCUT2D eigenvalue weighted by molar-refractivity contribution is 5.85. The minimum absolute atomic E-state index is 0.0291. The molecule has 4 rings (SSSR count). The maximum absolute atomic E-state index is 13.3. The molecule has 7 nitrogen and oxygen atoms in total. The fourth-order valence-electron chi connectivity index (χ4n) is 5.13. The van der Waals surface area contributed by atoms with Crippen molar-refractivity contribution in [3.63, 3.8) is 0 Å². The molecule has 2 heterocycles. The Morgan fingerprint density at radius 2 is 1.77 bits per heavy atom. The second-order valence-corrected chi connectivity index (χ2v) is 9.21. The average Bonchev–Trinajstić information content (AvgIpc) is 2.90. The highest BCUT2D eigenvalue weighted by Crippen LogP contribution is 2.41. The summed E-state index contributed by atoms with van der Waals surface area (Å²) in [7, 11) is 1.59. The lowest BCUT2D eigenvalue weighted by atomic mass is 9.83. The molecular weight excluding hydrogens is 444 g/mol. The molecule has 0 aliphatic carbocycles. The van der Waals surface area contributed by atoms with Gasteiger partial charge in [0, 0.05) is 31.6 Å². The number of para-hydroxylation sites is 1. The largest absolute Gasteiger partial charge is 0.496 e. The topological polar surface area (TPSA) is 76.2 Å². The normalized spacial score (nSPS) is 19.8. The van der Waals surface area contributed by atoms with Gasteiger partial charge in [0.25, 0.3) is 5.91 Å². The van der Waals surface area contributed by atoms with Gasteiger partial charge >= 0.3 is 5.97 Å². The monoisotopic (exact) mass is 478 g/mol. The summed E-state index contributed by atoms with van der Waals surface area (Å²) in [6.07, 6.45) is 3.24. The number of esters is 1. The Morgan fingerprint density at radius 3 is 2.54 bits per heavy atom. The average molecular weight is 479 g/mol. The summed E-state index contributed by atoms with van der Waals surface area (Å²) < 4.78 is 11.2. The van der Waals surface area contributed by atoms with E-state index in [-0.39, 0.29) is 24.8 Å². The second-order valence-electron chi connectivity index (χ2n) is 9.21. The fraction of sp³-hybridized carbons (Fsp3) is 0.464. The Kier molecular flexibility index (Phi) is 8.06. The van der Waals surface area contributed by atoms with Gasteiger partial charge in [0.2, 0.25) is 5.91 Å². The molecule has 2 aromatic rings. The van der Waals surface area contributed by atoms with Crippen LogP contribution >= 0.6 is 0 Å². The number of ether oxygens (including phenoxy) is 2. The zero-order valence-corrected chi connectivity index (χ0v) is 20.6. The Bertz CT molecular complexity index is 1070. The zero-order valence-electron chi connectivity index (χ0n) is 20.6. The van der Waals surface area contributed by atoms with E-state index in [0.717, 1.165) is 30.4 Å². The van der Waals surface area contributed by atoms with Crippen molar-refractivity contribution < 1.29 is 23.9 Å². The number of amides is 2. The number of nitrogens with zero attached hydrogens (tertiary/aromatic N) is 2. The zero-order chi connectivity index (χ0) is 24.8. The number of rotatable bonds is 8. The predicted octanol–water partition coefficient (Wildman–Crippen LogP) is 3.90. The first kappa shape index (κ1) is 24.8. The van der Waals surface area contributed by atoms with E-state index in [2.05, 4.69) is 13.0 Å². The summed E-state index contributed by atoms with van der Waals surface area (Å²) in [6.45, 7) is 3.48. The molecule has 0 saturated carbocycles. The van der Waals surface area contributed by atoms with Crippen LogP contribution in [-0.4, -0.2) is 54.4 Å².